The smallest absolute Gasteiger partial charge is 0.343 e. The fourth-order valence-electron chi connectivity index (χ4n) is 5.00. The molecule has 35 heavy (non-hydrogen) atoms. The quantitative estimate of drug-likeness (QED) is 0.451. The number of aromatic nitrogens is 2. The Morgan fingerprint density at radius 3 is 2.63 bits per heavy atom. The molecule has 0 bridgehead atoms. The first-order valence-corrected chi connectivity index (χ1v) is 11.9. The number of rotatable bonds is 4. The van der Waals surface area contributed by atoms with Crippen LogP contribution in [0.2, 0.25) is 0 Å². The van der Waals surface area contributed by atoms with Crippen LogP contribution in [-0.4, -0.2) is 45.2 Å². The van der Waals surface area contributed by atoms with E-state index in [1.807, 2.05) is 47.0 Å². The lowest BCUT2D eigenvalue weighted by Gasteiger charge is -2.31. The summed E-state index contributed by atoms with van der Waals surface area (Å²) in [6.45, 7) is 8.67. The number of cyclic esters (lactones) is 1. The van der Waals surface area contributed by atoms with Crippen molar-refractivity contribution in [3.05, 3.63) is 56.9 Å². The maximum absolute atomic E-state index is 13.4. The Balaban J connectivity index is 1.72. The minimum absolute atomic E-state index is 0.115. The van der Waals surface area contributed by atoms with Gasteiger partial charge in [0.25, 0.3) is 5.56 Å². The second-order valence-electron chi connectivity index (χ2n) is 10.7. The third-order valence-corrected chi connectivity index (χ3v) is 6.65. The Morgan fingerprint density at radius 2 is 1.97 bits per heavy atom. The molecule has 2 aromatic heterocycles. The molecule has 8 heteroatoms. The molecule has 0 spiro atoms. The summed E-state index contributed by atoms with van der Waals surface area (Å²) in [5, 5.41) is 12.0. The summed E-state index contributed by atoms with van der Waals surface area (Å²) in [5.74, 6) is 0.0912. The van der Waals surface area contributed by atoms with Crippen LogP contribution in [0.5, 0.6) is 5.75 Å². The Hall–Kier alpha value is -3.23. The van der Waals surface area contributed by atoms with Gasteiger partial charge < -0.3 is 24.0 Å². The van der Waals surface area contributed by atoms with Crippen molar-refractivity contribution in [1.29, 1.82) is 0 Å². The number of carbonyl (C=O) groups is 1. The minimum atomic E-state index is -1.83. The van der Waals surface area contributed by atoms with E-state index in [9.17, 15) is 14.7 Å². The number of hydrogen-bond donors (Lipinski definition) is 1. The van der Waals surface area contributed by atoms with Gasteiger partial charge in [-0.3, -0.25) is 4.79 Å². The number of fused-ring (bicyclic) bond motifs is 5. The van der Waals surface area contributed by atoms with Gasteiger partial charge in [0.1, 0.15) is 18.0 Å². The summed E-state index contributed by atoms with van der Waals surface area (Å²) in [4.78, 5) is 32.8. The SMILES string of the molecule is CC[C@@]1(O)C(=O)OCc2c1cc1n(c2=O)Cc2cc3c(CN(C)C)c(OC(C)(C)C)ccc3nc2-1. The zero-order valence-corrected chi connectivity index (χ0v) is 21.1. The first kappa shape index (κ1) is 23.5. The number of benzene rings is 1. The van der Waals surface area contributed by atoms with Gasteiger partial charge in [-0.2, -0.15) is 0 Å². The van der Waals surface area contributed by atoms with Gasteiger partial charge >= 0.3 is 5.97 Å². The molecule has 1 atom stereocenters. The van der Waals surface area contributed by atoms with Crippen molar-refractivity contribution < 1.29 is 19.4 Å². The molecule has 3 aromatic rings. The Bertz CT molecular complexity index is 1430. The number of carbonyl (C=O) groups excluding carboxylic acids is 1. The lowest BCUT2D eigenvalue weighted by Crippen LogP contribution is -2.44. The van der Waals surface area contributed by atoms with Crippen molar-refractivity contribution in [2.75, 3.05) is 14.1 Å². The van der Waals surface area contributed by atoms with Gasteiger partial charge in [0.15, 0.2) is 5.60 Å². The molecule has 184 valence electrons. The van der Waals surface area contributed by atoms with Crippen molar-refractivity contribution in [2.45, 2.75) is 65.0 Å². The molecule has 8 nitrogen and oxygen atoms in total. The largest absolute Gasteiger partial charge is 0.488 e. The van der Waals surface area contributed by atoms with E-state index < -0.39 is 11.6 Å². The summed E-state index contributed by atoms with van der Waals surface area (Å²) < 4.78 is 13.1. The van der Waals surface area contributed by atoms with E-state index in [-0.39, 0.29) is 24.2 Å². The van der Waals surface area contributed by atoms with Gasteiger partial charge in [0, 0.05) is 28.6 Å². The number of ether oxygens (including phenoxy) is 2. The van der Waals surface area contributed by atoms with Gasteiger partial charge in [-0.25, -0.2) is 9.78 Å². The number of nitrogens with zero attached hydrogens (tertiary/aromatic N) is 3. The molecule has 0 radical (unpaired) electrons. The molecular formula is C27H31N3O5. The van der Waals surface area contributed by atoms with E-state index in [0.29, 0.717) is 35.6 Å². The van der Waals surface area contributed by atoms with Crippen LogP contribution < -0.4 is 10.3 Å². The van der Waals surface area contributed by atoms with Crippen molar-refractivity contribution in [1.82, 2.24) is 14.5 Å². The monoisotopic (exact) mass is 477 g/mol. The molecule has 2 aliphatic rings. The summed E-state index contributed by atoms with van der Waals surface area (Å²) in [7, 11) is 4.03. The average Bonchev–Trinajstić information content (AvgIpc) is 3.14. The van der Waals surface area contributed by atoms with E-state index >= 15 is 0 Å². The van der Waals surface area contributed by atoms with Crippen molar-refractivity contribution in [2.24, 2.45) is 0 Å². The first-order valence-electron chi connectivity index (χ1n) is 11.9. The number of esters is 1. The van der Waals surface area contributed by atoms with Gasteiger partial charge in [-0.1, -0.05) is 6.92 Å². The van der Waals surface area contributed by atoms with Crippen molar-refractivity contribution >= 4 is 16.9 Å². The third kappa shape index (κ3) is 3.72. The maximum atomic E-state index is 13.4. The van der Waals surface area contributed by atoms with Crippen molar-refractivity contribution in [3.63, 3.8) is 0 Å². The number of aliphatic hydroxyl groups is 1. The molecule has 4 heterocycles. The molecule has 0 fully saturated rings. The predicted octanol–water partition coefficient (Wildman–Crippen LogP) is 3.32. The molecule has 0 saturated heterocycles. The third-order valence-electron chi connectivity index (χ3n) is 6.65. The Kier molecular flexibility index (Phi) is 5.30. The molecule has 0 saturated carbocycles. The highest BCUT2D eigenvalue weighted by atomic mass is 16.6. The topological polar surface area (TPSA) is 93.9 Å². The highest BCUT2D eigenvalue weighted by Gasteiger charge is 2.45. The Labute approximate surface area is 204 Å². The molecule has 5 rings (SSSR count). The van der Waals surface area contributed by atoms with Gasteiger partial charge in [-0.05, 0) is 65.6 Å². The molecule has 2 aliphatic heterocycles. The van der Waals surface area contributed by atoms with Gasteiger partial charge in [0.2, 0.25) is 0 Å². The zero-order chi connectivity index (χ0) is 25.3. The zero-order valence-electron chi connectivity index (χ0n) is 21.1. The minimum Gasteiger partial charge on any atom is -0.488 e. The van der Waals surface area contributed by atoms with Crippen LogP contribution in [-0.2, 0) is 34.8 Å². The van der Waals surface area contributed by atoms with Crippen molar-refractivity contribution in [3.8, 4) is 17.1 Å². The molecule has 0 unspecified atom stereocenters. The fraction of sp³-hybridized carbons (Fsp3) is 0.444. The maximum Gasteiger partial charge on any atom is 0.343 e. The highest BCUT2D eigenvalue weighted by Crippen LogP contribution is 2.40. The van der Waals surface area contributed by atoms with Gasteiger partial charge in [0.05, 0.1) is 29.0 Å². The average molecular weight is 478 g/mol. The summed E-state index contributed by atoms with van der Waals surface area (Å²) in [5.41, 5.74) is 2.25. The van der Waals surface area contributed by atoms with Crippen LogP contribution in [0.4, 0.5) is 0 Å². The van der Waals surface area contributed by atoms with E-state index in [0.717, 1.165) is 27.8 Å². The molecule has 0 aliphatic carbocycles. The van der Waals surface area contributed by atoms with Crippen LogP contribution in [0, 0.1) is 0 Å². The van der Waals surface area contributed by atoms with E-state index in [2.05, 4.69) is 11.0 Å². The lowest BCUT2D eigenvalue weighted by molar-refractivity contribution is -0.172. The predicted molar refractivity (Wildman–Crippen MR) is 132 cm³/mol. The molecule has 0 amide bonds. The van der Waals surface area contributed by atoms with E-state index in [4.69, 9.17) is 14.5 Å². The van der Waals surface area contributed by atoms with Crippen LogP contribution in [0.3, 0.4) is 0 Å². The fourth-order valence-corrected chi connectivity index (χ4v) is 5.00. The molecular weight excluding hydrogens is 446 g/mol. The Morgan fingerprint density at radius 1 is 1.23 bits per heavy atom. The normalized spacial score (nSPS) is 18.9. The van der Waals surface area contributed by atoms with Crippen LogP contribution >= 0.6 is 0 Å². The van der Waals surface area contributed by atoms with Gasteiger partial charge in [-0.15, -0.1) is 0 Å². The first-order chi connectivity index (χ1) is 16.4. The van der Waals surface area contributed by atoms with Crippen LogP contribution in [0.15, 0.2) is 29.1 Å². The van der Waals surface area contributed by atoms with E-state index in [1.54, 1.807) is 17.6 Å². The van der Waals surface area contributed by atoms with E-state index in [1.165, 1.54) is 0 Å². The standard InChI is InChI=1S/C27H31N3O5/c1-7-27(33)19-11-21-23-15(12-30(21)24(31)18(19)14-34-25(27)32)10-16-17(13-29(5)6)22(35-26(2,3)4)9-8-20(16)28-23/h8-11,33H,7,12-14H2,1-6H3/t27-/m0/s1. The number of pyridine rings is 2. The summed E-state index contributed by atoms with van der Waals surface area (Å²) in [6.07, 6.45) is 0.115. The lowest BCUT2D eigenvalue weighted by atomic mass is 9.86. The second-order valence-corrected chi connectivity index (χ2v) is 10.7. The second kappa shape index (κ2) is 7.90. The highest BCUT2D eigenvalue weighted by molar-refractivity contribution is 5.89. The van der Waals surface area contributed by atoms with Crippen LogP contribution in [0.1, 0.15) is 56.4 Å². The van der Waals surface area contributed by atoms with Crippen LogP contribution in [0.25, 0.3) is 22.3 Å². The number of hydrogen-bond acceptors (Lipinski definition) is 7. The summed E-state index contributed by atoms with van der Waals surface area (Å²) >= 11 is 0. The molecule has 1 N–H and O–H groups in total. The summed E-state index contributed by atoms with van der Waals surface area (Å²) in [6, 6.07) is 7.72. The molecule has 1 aromatic carbocycles.